The second-order valence-corrected chi connectivity index (χ2v) is 8.40. The number of hydrogen-bond acceptors (Lipinski definition) is 3. The quantitative estimate of drug-likeness (QED) is 0.205. The van der Waals surface area contributed by atoms with E-state index in [1.54, 1.807) is 12.4 Å². The van der Waals surface area contributed by atoms with Crippen molar-refractivity contribution in [3.63, 3.8) is 0 Å². The number of hydrogen-bond donors (Lipinski definition) is 0. The third-order valence-electron chi connectivity index (χ3n) is 6.44. The number of aryl methyl sites for hydroxylation is 1. The predicted molar refractivity (Wildman–Crippen MR) is 134 cm³/mol. The van der Waals surface area contributed by atoms with Gasteiger partial charge in [-0.3, -0.25) is 4.98 Å². The van der Waals surface area contributed by atoms with Crippen molar-refractivity contribution in [3.8, 4) is 28.7 Å². The number of nitrogens with zero attached hydrogens (tertiary/aromatic N) is 5. The van der Waals surface area contributed by atoms with Crippen molar-refractivity contribution in [2.24, 2.45) is 0 Å². The number of fused-ring (bicyclic) bond motifs is 6. The predicted octanol–water partition coefficient (Wildman–Crippen LogP) is 6.54. The monoisotopic (exact) mass is 646 g/mol. The van der Waals surface area contributed by atoms with E-state index >= 15 is 0 Å². The number of para-hydroxylation sites is 1. The van der Waals surface area contributed by atoms with Crippen molar-refractivity contribution >= 4 is 27.6 Å². The van der Waals surface area contributed by atoms with E-state index in [-0.39, 0.29) is 21.1 Å². The summed E-state index contributed by atoms with van der Waals surface area (Å²) in [4.78, 5) is 12.6. The number of rotatable bonds is 3. The molecular formula is C29H17N5OPt. The molecule has 0 aliphatic carbocycles. The van der Waals surface area contributed by atoms with Gasteiger partial charge >= 0.3 is 21.1 Å². The van der Waals surface area contributed by atoms with E-state index in [1.807, 2.05) is 47.0 Å². The van der Waals surface area contributed by atoms with E-state index in [2.05, 4.69) is 55.8 Å². The zero-order valence-electron chi connectivity index (χ0n) is 18.9. The summed E-state index contributed by atoms with van der Waals surface area (Å²) >= 11 is 0. The fraction of sp³-hybridized carbons (Fsp3) is 0.0690. The van der Waals surface area contributed by atoms with Crippen LogP contribution in [0.25, 0.3) is 43.9 Å². The Morgan fingerprint density at radius 3 is 2.58 bits per heavy atom. The van der Waals surface area contributed by atoms with Crippen LogP contribution in [0.4, 0.5) is 5.82 Å². The molecule has 0 atom stereocenters. The number of imidazole rings is 1. The molecule has 0 spiro atoms. The van der Waals surface area contributed by atoms with E-state index in [0.717, 1.165) is 57.5 Å². The Hall–Kier alpha value is -4.20. The van der Waals surface area contributed by atoms with Gasteiger partial charge in [0.1, 0.15) is 11.6 Å². The van der Waals surface area contributed by atoms with Gasteiger partial charge in [-0.15, -0.1) is 35.2 Å². The van der Waals surface area contributed by atoms with E-state index < -0.39 is 0 Å². The van der Waals surface area contributed by atoms with Gasteiger partial charge in [-0.25, -0.2) is 4.98 Å². The summed E-state index contributed by atoms with van der Waals surface area (Å²) in [6.07, 6.45) is 4.25. The molecule has 4 heterocycles. The van der Waals surface area contributed by atoms with Gasteiger partial charge in [0.25, 0.3) is 0 Å². The van der Waals surface area contributed by atoms with Crippen molar-refractivity contribution in [3.05, 3.63) is 108 Å². The zero-order valence-corrected chi connectivity index (χ0v) is 21.2. The van der Waals surface area contributed by atoms with Crippen LogP contribution in [0, 0.1) is 18.7 Å². The Kier molecular flexibility index (Phi) is 5.43. The summed E-state index contributed by atoms with van der Waals surface area (Å²) in [7, 11) is 0. The second kappa shape index (κ2) is 8.78. The fourth-order valence-corrected chi connectivity index (χ4v) is 4.86. The molecule has 0 saturated carbocycles. The molecule has 1 aliphatic rings. The topological polar surface area (TPSA) is 49.2 Å². The van der Waals surface area contributed by atoms with Crippen LogP contribution in [-0.2, 0) is 34.0 Å². The van der Waals surface area contributed by atoms with Crippen LogP contribution in [0.15, 0.2) is 79.1 Å². The van der Waals surface area contributed by atoms with Crippen molar-refractivity contribution in [1.29, 1.82) is 0 Å². The number of ether oxygens (including phenoxy) is 1. The Labute approximate surface area is 221 Å². The van der Waals surface area contributed by atoms with E-state index in [9.17, 15) is 0 Å². The van der Waals surface area contributed by atoms with Crippen LogP contribution in [-0.4, -0.2) is 19.1 Å². The van der Waals surface area contributed by atoms with Crippen LogP contribution in [0.1, 0.15) is 5.56 Å². The van der Waals surface area contributed by atoms with Gasteiger partial charge in [0, 0.05) is 29.4 Å². The molecule has 0 saturated heterocycles. The zero-order chi connectivity index (χ0) is 23.4. The standard InChI is InChI=1S/C29H17N5O.Pt/c1-30-28-18-32-29-24-16-20(10-9-19(24)13-15-33(28)29)35-21-11-12-23-22-6-2-3-7-25(22)34(26(23)17-21)27-8-4-5-14-31-27;/h2-12,14,18H,13,15H2;/q-2;+2. The summed E-state index contributed by atoms with van der Waals surface area (Å²) in [5.41, 5.74) is 4.00. The first-order valence-corrected chi connectivity index (χ1v) is 11.3. The third kappa shape index (κ3) is 3.44. The molecule has 7 heteroatoms. The number of aromatic nitrogens is 4. The van der Waals surface area contributed by atoms with E-state index in [0.29, 0.717) is 17.3 Å². The maximum Gasteiger partial charge on any atom is 2.00 e. The van der Waals surface area contributed by atoms with Crippen molar-refractivity contribution in [1.82, 2.24) is 19.1 Å². The van der Waals surface area contributed by atoms with Crippen LogP contribution >= 0.6 is 0 Å². The van der Waals surface area contributed by atoms with Gasteiger partial charge in [0.05, 0.1) is 6.54 Å². The van der Waals surface area contributed by atoms with Gasteiger partial charge in [0.2, 0.25) is 5.82 Å². The average Bonchev–Trinajstić information content (AvgIpc) is 3.48. The van der Waals surface area contributed by atoms with Gasteiger partial charge in [-0.05, 0) is 30.0 Å². The Morgan fingerprint density at radius 1 is 0.889 bits per heavy atom. The van der Waals surface area contributed by atoms with Crippen LogP contribution in [0.3, 0.4) is 0 Å². The molecule has 0 fully saturated rings. The summed E-state index contributed by atoms with van der Waals surface area (Å²) in [5.74, 6) is 3.31. The van der Waals surface area contributed by atoms with Crippen LogP contribution in [0.5, 0.6) is 11.5 Å². The van der Waals surface area contributed by atoms with Gasteiger partial charge in [-0.2, -0.15) is 6.07 Å². The van der Waals surface area contributed by atoms with Gasteiger partial charge in [-0.1, -0.05) is 48.0 Å². The summed E-state index contributed by atoms with van der Waals surface area (Å²) in [6, 6.07) is 29.0. The first-order chi connectivity index (χ1) is 17.3. The van der Waals surface area contributed by atoms with Crippen molar-refractivity contribution in [2.45, 2.75) is 13.0 Å². The van der Waals surface area contributed by atoms with E-state index in [1.165, 1.54) is 0 Å². The summed E-state index contributed by atoms with van der Waals surface area (Å²) in [5, 5.41) is 2.22. The van der Waals surface area contributed by atoms with Crippen LogP contribution < -0.4 is 4.74 Å². The minimum atomic E-state index is 0. The molecule has 1 aliphatic heterocycles. The Balaban J connectivity index is 0.00000240. The van der Waals surface area contributed by atoms with E-state index in [4.69, 9.17) is 11.3 Å². The molecule has 6 nitrogen and oxygen atoms in total. The minimum absolute atomic E-state index is 0. The molecule has 0 unspecified atom stereocenters. The second-order valence-electron chi connectivity index (χ2n) is 8.40. The minimum Gasteiger partial charge on any atom is -0.503 e. The van der Waals surface area contributed by atoms with Gasteiger partial charge in [0.15, 0.2) is 0 Å². The molecule has 174 valence electrons. The van der Waals surface area contributed by atoms with Gasteiger partial charge < -0.3 is 18.7 Å². The third-order valence-corrected chi connectivity index (χ3v) is 6.44. The molecule has 0 amide bonds. The molecule has 3 aromatic heterocycles. The first kappa shape index (κ1) is 22.3. The molecule has 36 heavy (non-hydrogen) atoms. The van der Waals surface area contributed by atoms with Crippen LogP contribution in [0.2, 0.25) is 0 Å². The molecule has 7 rings (SSSR count). The largest absolute Gasteiger partial charge is 2.00 e. The first-order valence-electron chi connectivity index (χ1n) is 11.3. The smallest absolute Gasteiger partial charge is 0.503 e. The van der Waals surface area contributed by atoms with Crippen molar-refractivity contribution < 1.29 is 25.8 Å². The number of benzene rings is 3. The molecular weight excluding hydrogens is 629 g/mol. The summed E-state index contributed by atoms with van der Waals surface area (Å²) in [6.45, 7) is 8.13. The summed E-state index contributed by atoms with van der Waals surface area (Å²) < 4.78 is 10.3. The average molecular weight is 647 g/mol. The molecule has 6 aromatic rings. The molecule has 0 N–H and O–H groups in total. The maximum atomic E-state index is 7.38. The fourth-order valence-electron chi connectivity index (χ4n) is 4.86. The molecule has 3 aromatic carbocycles. The molecule has 0 bridgehead atoms. The van der Waals surface area contributed by atoms with Crippen molar-refractivity contribution in [2.75, 3.05) is 0 Å². The number of pyridine rings is 1. The Bertz CT molecular complexity index is 1800. The normalized spacial score (nSPS) is 12.0. The SMILES string of the molecule is [C-]#[N+]c1cnc2n1CCc1ccc(Oc3[c-]c4c(cc3)c3ccccc3n4-c3ccccn3)[c-]c1-2.[Pt+2]. The maximum absolute atomic E-state index is 7.38. The Morgan fingerprint density at radius 2 is 1.72 bits per heavy atom. The molecule has 0 radical (unpaired) electrons.